The molecule has 0 N–H and O–H groups in total. The molecule has 0 aromatic heterocycles. The van der Waals surface area contributed by atoms with Gasteiger partial charge in [0.1, 0.15) is 13.2 Å². The lowest BCUT2D eigenvalue weighted by Crippen LogP contribution is -2.30. The lowest BCUT2D eigenvalue weighted by molar-refractivity contribution is -0.167. The fourth-order valence-electron chi connectivity index (χ4n) is 9.44. The van der Waals surface area contributed by atoms with Gasteiger partial charge in [0.05, 0.1) is 0 Å². The molecule has 6 nitrogen and oxygen atoms in total. The molecule has 0 aliphatic rings. The zero-order valence-corrected chi connectivity index (χ0v) is 47.3. The van der Waals surface area contributed by atoms with Crippen LogP contribution in [0.4, 0.5) is 0 Å². The molecule has 1 atom stereocenters. The van der Waals surface area contributed by atoms with Gasteiger partial charge in [0, 0.05) is 19.3 Å². The third-order valence-corrected chi connectivity index (χ3v) is 14.2. The molecule has 1 unspecified atom stereocenters. The van der Waals surface area contributed by atoms with Crippen molar-refractivity contribution < 1.29 is 28.6 Å². The standard InChI is InChI=1S/C64H120O6/c1-4-7-10-13-16-19-22-24-26-28-30-32-34-36-38-40-42-45-48-51-54-57-63(66)69-60-61(59-68-62(65)56-53-50-47-44-21-18-15-12-9-6-3)70-64(67)58-55-52-49-46-43-41-39-37-35-33-31-29-27-25-23-20-17-14-11-8-5-2/h28-31,61H,4-27,32-60H2,1-3H3/b30-28-,31-29-. The van der Waals surface area contributed by atoms with Crippen LogP contribution in [0, 0.1) is 0 Å². The van der Waals surface area contributed by atoms with E-state index in [0.717, 1.165) is 57.8 Å². The molecule has 70 heavy (non-hydrogen) atoms. The molecule has 0 amide bonds. The predicted octanol–water partition coefficient (Wildman–Crippen LogP) is 21.1. The smallest absolute Gasteiger partial charge is 0.306 e. The molecule has 0 fully saturated rings. The Bertz CT molecular complexity index is 1130. The lowest BCUT2D eigenvalue weighted by atomic mass is 10.1. The van der Waals surface area contributed by atoms with Crippen LogP contribution < -0.4 is 0 Å². The molecule has 6 heteroatoms. The van der Waals surface area contributed by atoms with Gasteiger partial charge in [0.15, 0.2) is 6.10 Å². The molecule has 0 saturated heterocycles. The van der Waals surface area contributed by atoms with Crippen molar-refractivity contribution >= 4 is 17.9 Å². The third-order valence-electron chi connectivity index (χ3n) is 14.2. The van der Waals surface area contributed by atoms with Crippen LogP contribution in [0.3, 0.4) is 0 Å². The maximum Gasteiger partial charge on any atom is 0.306 e. The van der Waals surface area contributed by atoms with Crippen molar-refractivity contribution in [1.29, 1.82) is 0 Å². The number of ether oxygens (including phenoxy) is 3. The van der Waals surface area contributed by atoms with Gasteiger partial charge in [-0.25, -0.2) is 0 Å². The van der Waals surface area contributed by atoms with E-state index in [1.807, 2.05) is 0 Å². The molecule has 0 aliphatic carbocycles. The minimum atomic E-state index is -0.769. The summed E-state index contributed by atoms with van der Waals surface area (Å²) in [6, 6.07) is 0. The third kappa shape index (κ3) is 56.8. The van der Waals surface area contributed by atoms with Crippen molar-refractivity contribution in [3.05, 3.63) is 24.3 Å². The number of esters is 3. The van der Waals surface area contributed by atoms with Crippen molar-refractivity contribution in [3.63, 3.8) is 0 Å². The van der Waals surface area contributed by atoms with Gasteiger partial charge in [0.25, 0.3) is 0 Å². The van der Waals surface area contributed by atoms with Crippen molar-refractivity contribution in [2.24, 2.45) is 0 Å². The van der Waals surface area contributed by atoms with E-state index in [4.69, 9.17) is 14.2 Å². The molecule has 0 aromatic rings. The van der Waals surface area contributed by atoms with Crippen LogP contribution in [0.2, 0.25) is 0 Å². The van der Waals surface area contributed by atoms with E-state index in [1.54, 1.807) is 0 Å². The molecule has 0 saturated carbocycles. The Morgan fingerprint density at radius 3 is 0.714 bits per heavy atom. The van der Waals surface area contributed by atoms with Crippen molar-refractivity contribution in [1.82, 2.24) is 0 Å². The molecule has 0 aliphatic heterocycles. The minimum Gasteiger partial charge on any atom is -0.462 e. The number of carbonyl (C=O) groups is 3. The first-order valence-corrected chi connectivity index (χ1v) is 31.3. The lowest BCUT2D eigenvalue weighted by Gasteiger charge is -2.18. The SMILES string of the molecule is CCCCCCCCCC/C=C\CCCCCCCCCCCC(=O)OCC(COC(=O)CCCCCCCCCCCC)OC(=O)CCCCCCCCCCC/C=C\CCCCCCCCCC. The quantitative estimate of drug-likeness (QED) is 0.0261. The second-order valence-electron chi connectivity index (χ2n) is 21.3. The summed E-state index contributed by atoms with van der Waals surface area (Å²) in [5.74, 6) is -0.851. The monoisotopic (exact) mass is 985 g/mol. The highest BCUT2D eigenvalue weighted by atomic mass is 16.6. The Kier molecular flexibility index (Phi) is 57.7. The Morgan fingerprint density at radius 2 is 0.471 bits per heavy atom. The number of rotatable bonds is 58. The van der Waals surface area contributed by atoms with Gasteiger partial charge in [-0.2, -0.15) is 0 Å². The maximum atomic E-state index is 12.9. The number of hydrogen-bond donors (Lipinski definition) is 0. The topological polar surface area (TPSA) is 78.9 Å². The number of hydrogen-bond acceptors (Lipinski definition) is 6. The van der Waals surface area contributed by atoms with E-state index in [0.29, 0.717) is 19.3 Å². The fourth-order valence-corrected chi connectivity index (χ4v) is 9.44. The van der Waals surface area contributed by atoms with Crippen molar-refractivity contribution in [3.8, 4) is 0 Å². The van der Waals surface area contributed by atoms with Gasteiger partial charge in [-0.1, -0.05) is 283 Å². The molecule has 0 bridgehead atoms. The summed E-state index contributed by atoms with van der Waals surface area (Å²) in [7, 11) is 0. The van der Waals surface area contributed by atoms with E-state index in [-0.39, 0.29) is 31.1 Å². The van der Waals surface area contributed by atoms with Gasteiger partial charge in [0.2, 0.25) is 0 Å². The van der Waals surface area contributed by atoms with E-state index < -0.39 is 6.10 Å². The zero-order valence-electron chi connectivity index (χ0n) is 47.3. The van der Waals surface area contributed by atoms with Gasteiger partial charge < -0.3 is 14.2 Å². The highest BCUT2D eigenvalue weighted by Gasteiger charge is 2.19. The summed E-state index contributed by atoms with van der Waals surface area (Å²) in [6.45, 7) is 6.68. The van der Waals surface area contributed by atoms with Crippen molar-refractivity contribution in [2.75, 3.05) is 13.2 Å². The van der Waals surface area contributed by atoms with Gasteiger partial charge in [-0.05, 0) is 70.6 Å². The van der Waals surface area contributed by atoms with Crippen molar-refractivity contribution in [2.45, 2.75) is 354 Å². The second kappa shape index (κ2) is 59.5. The Hall–Kier alpha value is -2.11. The summed E-state index contributed by atoms with van der Waals surface area (Å²) < 4.78 is 16.9. The molecular formula is C64H120O6. The summed E-state index contributed by atoms with van der Waals surface area (Å²) in [5.41, 5.74) is 0. The second-order valence-corrected chi connectivity index (χ2v) is 21.3. The Labute approximate surface area is 436 Å². The summed E-state index contributed by atoms with van der Waals surface area (Å²) in [4.78, 5) is 38.2. The molecule has 0 heterocycles. The summed E-state index contributed by atoms with van der Waals surface area (Å²) in [5, 5.41) is 0. The first kappa shape index (κ1) is 67.9. The van der Waals surface area contributed by atoms with E-state index >= 15 is 0 Å². The Morgan fingerprint density at radius 1 is 0.271 bits per heavy atom. The molecule has 0 rings (SSSR count). The van der Waals surface area contributed by atoms with Crippen LogP contribution >= 0.6 is 0 Å². The fraction of sp³-hybridized carbons (Fsp3) is 0.891. The van der Waals surface area contributed by atoms with E-state index in [2.05, 4.69) is 45.1 Å². The maximum absolute atomic E-state index is 12.9. The van der Waals surface area contributed by atoms with Gasteiger partial charge >= 0.3 is 17.9 Å². The van der Waals surface area contributed by atoms with Gasteiger partial charge in [-0.3, -0.25) is 14.4 Å². The first-order valence-electron chi connectivity index (χ1n) is 31.3. The van der Waals surface area contributed by atoms with Crippen LogP contribution in [0.1, 0.15) is 348 Å². The summed E-state index contributed by atoms with van der Waals surface area (Å²) in [6.07, 6.45) is 70.4. The minimum absolute atomic E-state index is 0.0682. The highest BCUT2D eigenvalue weighted by Crippen LogP contribution is 2.17. The average Bonchev–Trinajstić information content (AvgIpc) is 3.36. The van der Waals surface area contributed by atoms with Crippen LogP contribution in [-0.4, -0.2) is 37.2 Å². The first-order chi connectivity index (χ1) is 34.5. The normalized spacial score (nSPS) is 12.1. The number of carbonyl (C=O) groups excluding carboxylic acids is 3. The zero-order chi connectivity index (χ0) is 50.7. The molecule has 0 spiro atoms. The molecule has 0 aromatic carbocycles. The van der Waals surface area contributed by atoms with Crippen LogP contribution in [0.25, 0.3) is 0 Å². The average molecular weight is 986 g/mol. The van der Waals surface area contributed by atoms with E-state index in [9.17, 15) is 14.4 Å². The molecular weight excluding hydrogens is 865 g/mol. The summed E-state index contributed by atoms with van der Waals surface area (Å²) >= 11 is 0. The van der Waals surface area contributed by atoms with Crippen LogP contribution in [0.15, 0.2) is 24.3 Å². The molecule has 0 radical (unpaired) electrons. The predicted molar refractivity (Wildman–Crippen MR) is 303 cm³/mol. The molecule has 412 valence electrons. The number of unbranched alkanes of at least 4 members (excludes halogenated alkanes) is 43. The highest BCUT2D eigenvalue weighted by molar-refractivity contribution is 5.71. The largest absolute Gasteiger partial charge is 0.462 e. The van der Waals surface area contributed by atoms with Crippen LogP contribution in [-0.2, 0) is 28.6 Å². The number of allylic oxidation sites excluding steroid dienone is 4. The van der Waals surface area contributed by atoms with E-state index in [1.165, 1.54) is 250 Å². The van der Waals surface area contributed by atoms with Gasteiger partial charge in [-0.15, -0.1) is 0 Å². The van der Waals surface area contributed by atoms with Crippen LogP contribution in [0.5, 0.6) is 0 Å². The Balaban J connectivity index is 4.23.